The van der Waals surface area contributed by atoms with E-state index in [1.165, 1.54) is 42.6 Å². The quantitative estimate of drug-likeness (QED) is 0.517. The summed E-state index contributed by atoms with van der Waals surface area (Å²) in [6.45, 7) is 4.48. The Bertz CT molecular complexity index is 612. The van der Waals surface area contributed by atoms with Gasteiger partial charge in [-0.3, -0.25) is 10.7 Å². The number of rotatable bonds is 2. The van der Waals surface area contributed by atoms with E-state index in [9.17, 15) is 5.26 Å². The van der Waals surface area contributed by atoms with Crippen LogP contribution in [0.5, 0.6) is 0 Å². The lowest BCUT2D eigenvalue weighted by Gasteiger charge is -2.30. The predicted molar refractivity (Wildman–Crippen MR) is 90.5 cm³/mol. The van der Waals surface area contributed by atoms with Gasteiger partial charge in [0.05, 0.1) is 13.1 Å². The van der Waals surface area contributed by atoms with Crippen LogP contribution >= 0.6 is 11.8 Å². The molecular formula is C17H25N4S+. The van der Waals surface area contributed by atoms with Crippen molar-refractivity contribution in [2.24, 2.45) is 5.92 Å². The van der Waals surface area contributed by atoms with Crippen molar-refractivity contribution in [3.63, 3.8) is 0 Å². The van der Waals surface area contributed by atoms with E-state index in [0.717, 1.165) is 42.4 Å². The summed E-state index contributed by atoms with van der Waals surface area (Å²) in [5.41, 5.74) is 3.39. The summed E-state index contributed by atoms with van der Waals surface area (Å²) in [6, 6.07) is 2.41. The van der Waals surface area contributed by atoms with E-state index >= 15 is 0 Å². The summed E-state index contributed by atoms with van der Waals surface area (Å²) >= 11 is 1.59. The monoisotopic (exact) mass is 317 g/mol. The van der Waals surface area contributed by atoms with Crippen LogP contribution in [0.25, 0.3) is 0 Å². The van der Waals surface area contributed by atoms with Gasteiger partial charge in [0.25, 0.3) is 0 Å². The van der Waals surface area contributed by atoms with Crippen molar-refractivity contribution in [3.8, 4) is 6.07 Å². The Hall–Kier alpha value is -1.41. The number of hydrogen-bond acceptors (Lipinski definition) is 4. The molecular weight excluding hydrogens is 292 g/mol. The van der Waals surface area contributed by atoms with E-state index in [1.807, 2.05) is 6.26 Å². The first-order valence-corrected chi connectivity index (χ1v) is 9.47. The molecule has 0 radical (unpaired) electrons. The van der Waals surface area contributed by atoms with Crippen LogP contribution in [0.1, 0.15) is 49.3 Å². The molecule has 0 amide bonds. The lowest BCUT2D eigenvalue weighted by atomic mass is 9.88. The lowest BCUT2D eigenvalue weighted by molar-refractivity contribution is -0.665. The Balaban J connectivity index is 2.14. The van der Waals surface area contributed by atoms with Gasteiger partial charge < -0.3 is 0 Å². The van der Waals surface area contributed by atoms with Crippen molar-refractivity contribution < 1.29 is 4.68 Å². The maximum atomic E-state index is 9.62. The first-order valence-electron chi connectivity index (χ1n) is 8.25. The third-order valence-electron chi connectivity index (χ3n) is 5.09. The average Bonchev–Trinajstić information content (AvgIpc) is 2.55. The van der Waals surface area contributed by atoms with Gasteiger partial charge >= 0.3 is 5.82 Å². The van der Waals surface area contributed by atoms with Gasteiger partial charge in [0, 0.05) is 5.56 Å². The maximum absolute atomic E-state index is 9.62. The van der Waals surface area contributed by atoms with Gasteiger partial charge in [-0.15, -0.1) is 4.68 Å². The molecule has 4 nitrogen and oxygen atoms in total. The Labute approximate surface area is 137 Å². The molecule has 2 N–H and O–H groups in total. The van der Waals surface area contributed by atoms with Crippen molar-refractivity contribution in [3.05, 3.63) is 16.7 Å². The van der Waals surface area contributed by atoms with Crippen molar-refractivity contribution in [1.82, 2.24) is 0 Å². The zero-order chi connectivity index (χ0) is 15.7. The molecule has 0 atom stereocenters. The van der Waals surface area contributed by atoms with E-state index in [0.29, 0.717) is 0 Å². The minimum absolute atomic E-state index is 0.803. The standard InChI is InChI=1S/C17H25N4S/c1-12-7-9-20(10-8-12)16-14-6-4-3-5-13(14)15(11-18)17(22-2)21(16)19/h12H,3-10,19H2,1-2H3/q+1. The normalized spacial score (nSPS) is 18.9. The van der Waals surface area contributed by atoms with Crippen LogP contribution in [0.3, 0.4) is 0 Å². The molecule has 1 aromatic rings. The molecule has 0 bridgehead atoms. The van der Waals surface area contributed by atoms with Crippen molar-refractivity contribution in [2.45, 2.75) is 50.5 Å². The molecule has 5 heteroatoms. The number of anilines is 1. The fourth-order valence-electron chi connectivity index (χ4n) is 3.80. The highest BCUT2D eigenvalue weighted by molar-refractivity contribution is 7.98. The van der Waals surface area contributed by atoms with E-state index < -0.39 is 0 Å². The summed E-state index contributed by atoms with van der Waals surface area (Å²) in [5, 5.41) is 10.5. The van der Waals surface area contributed by atoms with E-state index in [4.69, 9.17) is 5.84 Å². The van der Waals surface area contributed by atoms with E-state index in [2.05, 4.69) is 17.9 Å². The summed E-state index contributed by atoms with van der Waals surface area (Å²) in [6.07, 6.45) is 8.92. The van der Waals surface area contributed by atoms with Gasteiger partial charge in [-0.1, -0.05) is 18.7 Å². The SMILES string of the molecule is CSc1c(C#N)c2c(c(N3CCC(C)CC3)[n+]1N)CCCC2. The topological polar surface area (TPSA) is 56.9 Å². The minimum Gasteiger partial charge on any atom is -0.268 e. The Morgan fingerprint density at radius 3 is 2.45 bits per heavy atom. The number of nitrogen functional groups attached to an aromatic ring is 1. The first-order chi connectivity index (χ1) is 10.7. The number of nitrogens with zero attached hydrogens (tertiary/aromatic N) is 3. The number of hydrogen-bond donors (Lipinski definition) is 1. The Kier molecular flexibility index (Phi) is 4.49. The fraction of sp³-hybridized carbons (Fsp3) is 0.647. The number of piperidine rings is 1. The van der Waals surface area contributed by atoms with Crippen LogP contribution in [-0.2, 0) is 12.8 Å². The maximum Gasteiger partial charge on any atom is 0.304 e. The molecule has 22 heavy (non-hydrogen) atoms. The number of fused-ring (bicyclic) bond motifs is 1. The summed E-state index contributed by atoms with van der Waals surface area (Å²) in [7, 11) is 0. The molecule has 0 saturated carbocycles. The minimum atomic E-state index is 0.803. The molecule has 0 unspecified atom stereocenters. The van der Waals surface area contributed by atoms with Crippen LogP contribution in [0, 0.1) is 17.2 Å². The van der Waals surface area contributed by atoms with Crippen LogP contribution in [0.15, 0.2) is 5.03 Å². The number of nitrogens with two attached hydrogens (primary N) is 1. The van der Waals surface area contributed by atoms with Crippen molar-refractivity contribution >= 4 is 17.6 Å². The molecule has 0 spiro atoms. The zero-order valence-electron chi connectivity index (χ0n) is 13.6. The van der Waals surface area contributed by atoms with Crippen LogP contribution in [0.4, 0.5) is 5.82 Å². The van der Waals surface area contributed by atoms with Gasteiger partial charge in [0.15, 0.2) is 0 Å². The Morgan fingerprint density at radius 2 is 1.86 bits per heavy atom. The third kappa shape index (κ3) is 2.54. The fourth-order valence-corrected chi connectivity index (χ4v) is 4.45. The van der Waals surface area contributed by atoms with Gasteiger partial charge in [-0.2, -0.15) is 5.26 Å². The molecule has 2 aliphatic rings. The van der Waals surface area contributed by atoms with E-state index in [-0.39, 0.29) is 0 Å². The Morgan fingerprint density at radius 1 is 1.23 bits per heavy atom. The second kappa shape index (κ2) is 6.37. The first kappa shape index (κ1) is 15.5. The molecule has 1 fully saturated rings. The van der Waals surface area contributed by atoms with E-state index in [1.54, 1.807) is 16.4 Å². The largest absolute Gasteiger partial charge is 0.304 e. The highest BCUT2D eigenvalue weighted by atomic mass is 32.2. The van der Waals surface area contributed by atoms with Gasteiger partial charge in [-0.05, 0) is 56.3 Å². The molecule has 2 heterocycles. The highest BCUT2D eigenvalue weighted by Crippen LogP contribution is 2.35. The van der Waals surface area contributed by atoms with Crippen molar-refractivity contribution in [2.75, 3.05) is 30.1 Å². The third-order valence-corrected chi connectivity index (χ3v) is 5.88. The van der Waals surface area contributed by atoms with Gasteiger partial charge in [0.2, 0.25) is 5.03 Å². The molecule has 118 valence electrons. The molecule has 1 aliphatic heterocycles. The second-order valence-corrected chi connectivity index (χ2v) is 7.32. The molecule has 0 aromatic carbocycles. The van der Waals surface area contributed by atoms with Gasteiger partial charge in [0.1, 0.15) is 11.6 Å². The number of pyridine rings is 1. The molecule has 1 saturated heterocycles. The predicted octanol–water partition coefficient (Wildman–Crippen LogP) is 2.40. The lowest BCUT2D eigenvalue weighted by Crippen LogP contribution is -2.54. The number of aromatic nitrogens is 1. The van der Waals surface area contributed by atoms with Crippen LogP contribution < -0.4 is 15.4 Å². The molecule has 1 aromatic heterocycles. The average molecular weight is 317 g/mol. The second-order valence-electron chi connectivity index (χ2n) is 6.52. The molecule has 1 aliphatic carbocycles. The van der Waals surface area contributed by atoms with Crippen LogP contribution in [0.2, 0.25) is 0 Å². The van der Waals surface area contributed by atoms with Gasteiger partial charge in [-0.25, -0.2) is 0 Å². The zero-order valence-corrected chi connectivity index (χ0v) is 14.4. The smallest absolute Gasteiger partial charge is 0.268 e. The number of thioether (sulfide) groups is 1. The van der Waals surface area contributed by atoms with Crippen LogP contribution in [-0.4, -0.2) is 19.3 Å². The summed E-state index contributed by atoms with van der Waals surface area (Å²) in [5.74, 6) is 8.44. The summed E-state index contributed by atoms with van der Waals surface area (Å²) in [4.78, 5) is 2.45. The summed E-state index contributed by atoms with van der Waals surface area (Å²) < 4.78 is 1.80. The number of nitriles is 1. The van der Waals surface area contributed by atoms with Crippen molar-refractivity contribution in [1.29, 1.82) is 5.26 Å². The highest BCUT2D eigenvalue weighted by Gasteiger charge is 2.34. The molecule has 3 rings (SSSR count).